The molecule has 35 heavy (non-hydrogen) atoms. The van der Waals surface area contributed by atoms with Crippen LogP contribution in [-0.2, 0) is 4.79 Å². The third-order valence-electron chi connectivity index (χ3n) is 6.07. The number of aromatic hydroxyl groups is 1. The molecule has 2 aromatic carbocycles. The maximum atomic E-state index is 12.6. The third kappa shape index (κ3) is 6.07. The van der Waals surface area contributed by atoms with Crippen LogP contribution in [0.5, 0.6) is 11.5 Å². The standard InChI is InChI=1S/C25H25Cl2N3O4S/c1-14-3-4-18(9-15(14)2)34-12-22(31)30-7-5-16(6-8-30)25-29-21(13-35-25)24(33)28-17-10-19(26)23(32)20(27)11-17/h3-4,9-11,13,16,32H,5-8,12H2,1-2H3,(H,28,33). The maximum absolute atomic E-state index is 12.6. The molecular formula is C25H25Cl2N3O4S. The smallest absolute Gasteiger partial charge is 0.275 e. The number of benzene rings is 2. The van der Waals surface area contributed by atoms with Gasteiger partial charge in [-0.05, 0) is 62.1 Å². The summed E-state index contributed by atoms with van der Waals surface area (Å²) in [6, 6.07) is 8.64. The highest BCUT2D eigenvalue weighted by Crippen LogP contribution is 2.35. The number of phenols is 1. The van der Waals surface area contributed by atoms with E-state index < -0.39 is 0 Å². The van der Waals surface area contributed by atoms with Gasteiger partial charge in [0, 0.05) is 30.1 Å². The molecule has 2 amide bonds. The van der Waals surface area contributed by atoms with E-state index in [1.165, 1.54) is 29.0 Å². The van der Waals surface area contributed by atoms with Crippen LogP contribution in [0, 0.1) is 13.8 Å². The number of nitrogens with zero attached hydrogens (tertiary/aromatic N) is 2. The lowest BCUT2D eigenvalue weighted by molar-refractivity contribution is -0.134. The van der Waals surface area contributed by atoms with Gasteiger partial charge >= 0.3 is 0 Å². The van der Waals surface area contributed by atoms with Crippen molar-refractivity contribution in [3.63, 3.8) is 0 Å². The summed E-state index contributed by atoms with van der Waals surface area (Å²) in [6.07, 6.45) is 1.54. The zero-order chi connectivity index (χ0) is 25.1. The van der Waals surface area contributed by atoms with Gasteiger partial charge < -0.3 is 20.1 Å². The molecule has 10 heteroatoms. The monoisotopic (exact) mass is 533 g/mol. The number of rotatable bonds is 6. The van der Waals surface area contributed by atoms with Crippen LogP contribution in [0.3, 0.4) is 0 Å². The molecule has 0 spiro atoms. The Morgan fingerprint density at radius 3 is 2.49 bits per heavy atom. The second kappa shape index (κ2) is 10.8. The first-order chi connectivity index (χ1) is 16.7. The summed E-state index contributed by atoms with van der Waals surface area (Å²) in [6.45, 7) is 5.30. The lowest BCUT2D eigenvalue weighted by atomic mass is 9.97. The molecule has 2 N–H and O–H groups in total. The molecule has 3 aromatic rings. The topological polar surface area (TPSA) is 91.8 Å². The highest BCUT2D eigenvalue weighted by molar-refractivity contribution is 7.10. The number of carbonyl (C=O) groups excluding carboxylic acids is 2. The summed E-state index contributed by atoms with van der Waals surface area (Å²) in [7, 11) is 0. The fourth-order valence-corrected chi connectivity index (χ4v) is 5.29. The number of piperidine rings is 1. The predicted molar refractivity (Wildman–Crippen MR) is 138 cm³/mol. The molecule has 7 nitrogen and oxygen atoms in total. The van der Waals surface area contributed by atoms with Crippen molar-refractivity contribution in [2.45, 2.75) is 32.6 Å². The molecule has 0 radical (unpaired) electrons. The van der Waals surface area contributed by atoms with Crippen LogP contribution in [0.1, 0.15) is 45.4 Å². The van der Waals surface area contributed by atoms with Crippen molar-refractivity contribution < 1.29 is 19.4 Å². The van der Waals surface area contributed by atoms with Crippen molar-refractivity contribution in [2.24, 2.45) is 0 Å². The number of hydrogen-bond acceptors (Lipinski definition) is 6. The van der Waals surface area contributed by atoms with Crippen LogP contribution in [0.2, 0.25) is 10.0 Å². The molecule has 1 fully saturated rings. The first kappa shape index (κ1) is 25.3. The number of anilines is 1. The maximum Gasteiger partial charge on any atom is 0.275 e. The van der Waals surface area contributed by atoms with E-state index in [0.717, 1.165) is 23.4 Å². The molecule has 0 atom stereocenters. The molecular weight excluding hydrogens is 509 g/mol. The Morgan fingerprint density at radius 1 is 1.14 bits per heavy atom. The zero-order valence-corrected chi connectivity index (χ0v) is 21.6. The number of ether oxygens (including phenoxy) is 1. The number of nitrogens with one attached hydrogen (secondary N) is 1. The van der Waals surface area contributed by atoms with Crippen molar-refractivity contribution >= 4 is 52.0 Å². The number of aromatic nitrogens is 1. The zero-order valence-electron chi connectivity index (χ0n) is 19.3. The van der Waals surface area contributed by atoms with Crippen molar-refractivity contribution in [2.75, 3.05) is 25.0 Å². The summed E-state index contributed by atoms with van der Waals surface area (Å²) in [5, 5.41) is 15.0. The number of amides is 2. The van der Waals surface area contributed by atoms with Gasteiger partial charge in [-0.15, -0.1) is 11.3 Å². The summed E-state index contributed by atoms with van der Waals surface area (Å²) in [5.74, 6) is 0.225. The van der Waals surface area contributed by atoms with E-state index in [2.05, 4.69) is 10.3 Å². The number of phenolic OH excluding ortho intramolecular Hbond substituents is 1. The fraction of sp³-hybridized carbons (Fsp3) is 0.320. The molecule has 1 saturated heterocycles. The summed E-state index contributed by atoms with van der Waals surface area (Å²) >= 11 is 13.3. The van der Waals surface area contributed by atoms with Gasteiger partial charge in [-0.25, -0.2) is 4.98 Å². The molecule has 0 saturated carbocycles. The first-order valence-electron chi connectivity index (χ1n) is 11.1. The molecule has 2 heterocycles. The molecule has 184 valence electrons. The average Bonchev–Trinajstić information content (AvgIpc) is 3.34. The van der Waals surface area contributed by atoms with Crippen molar-refractivity contribution in [1.82, 2.24) is 9.88 Å². The lowest BCUT2D eigenvalue weighted by Gasteiger charge is -2.31. The molecule has 1 aromatic heterocycles. The Bertz CT molecular complexity index is 1230. The summed E-state index contributed by atoms with van der Waals surface area (Å²) < 4.78 is 5.69. The lowest BCUT2D eigenvalue weighted by Crippen LogP contribution is -2.40. The number of halogens is 2. The minimum atomic E-state index is -0.388. The summed E-state index contributed by atoms with van der Waals surface area (Å²) in [4.78, 5) is 31.5. The highest BCUT2D eigenvalue weighted by Gasteiger charge is 2.26. The number of hydrogen-bond donors (Lipinski definition) is 2. The molecule has 4 rings (SSSR count). The van der Waals surface area contributed by atoms with Crippen molar-refractivity contribution in [1.29, 1.82) is 0 Å². The van der Waals surface area contributed by atoms with Crippen LogP contribution < -0.4 is 10.1 Å². The van der Waals surface area contributed by atoms with Gasteiger partial charge in [0.15, 0.2) is 12.4 Å². The molecule has 0 bridgehead atoms. The van der Waals surface area contributed by atoms with E-state index in [-0.39, 0.29) is 40.1 Å². The molecule has 1 aliphatic rings. The van der Waals surface area contributed by atoms with Gasteiger partial charge in [-0.3, -0.25) is 9.59 Å². The van der Waals surface area contributed by atoms with E-state index in [0.29, 0.717) is 30.2 Å². The Kier molecular flexibility index (Phi) is 7.84. The average molecular weight is 534 g/mol. The second-order valence-corrected chi connectivity index (χ2v) is 10.2. The van der Waals surface area contributed by atoms with Gasteiger partial charge in [0.25, 0.3) is 11.8 Å². The van der Waals surface area contributed by atoms with Gasteiger partial charge in [-0.2, -0.15) is 0 Å². The summed E-state index contributed by atoms with van der Waals surface area (Å²) in [5.41, 5.74) is 2.98. The number of carbonyl (C=O) groups is 2. The van der Waals surface area contributed by atoms with Gasteiger partial charge in [0.1, 0.15) is 11.4 Å². The van der Waals surface area contributed by atoms with Gasteiger partial charge in [0.2, 0.25) is 0 Å². The van der Waals surface area contributed by atoms with Crippen LogP contribution in [0.25, 0.3) is 0 Å². The quantitative estimate of drug-likeness (QED) is 0.390. The number of likely N-dealkylation sites (tertiary alicyclic amines) is 1. The highest BCUT2D eigenvalue weighted by atomic mass is 35.5. The van der Waals surface area contributed by atoms with Crippen molar-refractivity contribution in [3.05, 3.63) is 67.6 Å². The molecule has 1 aliphatic heterocycles. The van der Waals surface area contributed by atoms with Crippen LogP contribution in [0.15, 0.2) is 35.7 Å². The molecule has 0 aliphatic carbocycles. The Morgan fingerprint density at radius 2 is 1.83 bits per heavy atom. The van der Waals surface area contributed by atoms with E-state index >= 15 is 0 Å². The van der Waals surface area contributed by atoms with Crippen molar-refractivity contribution in [3.8, 4) is 11.5 Å². The fourth-order valence-electron chi connectivity index (χ4n) is 3.83. The van der Waals surface area contributed by atoms with Crippen LogP contribution in [0.4, 0.5) is 5.69 Å². The predicted octanol–water partition coefficient (Wildman–Crippen LogP) is 5.81. The normalized spacial score (nSPS) is 14.1. The Hall–Kier alpha value is -2.81. The molecule has 0 unspecified atom stereocenters. The Labute approximate surface area is 217 Å². The first-order valence-corrected chi connectivity index (χ1v) is 12.8. The Balaban J connectivity index is 1.29. The SMILES string of the molecule is Cc1ccc(OCC(=O)N2CCC(c3nc(C(=O)Nc4cc(Cl)c(O)c(Cl)c4)cs3)CC2)cc1C. The van der Waals surface area contributed by atoms with Crippen LogP contribution in [-0.4, -0.2) is 46.5 Å². The van der Waals surface area contributed by atoms with E-state index in [1.54, 1.807) is 5.38 Å². The minimum absolute atomic E-state index is 0.0139. The van der Waals surface area contributed by atoms with Crippen LogP contribution >= 0.6 is 34.5 Å². The van der Waals surface area contributed by atoms with Gasteiger partial charge in [-0.1, -0.05) is 29.3 Å². The number of aryl methyl sites for hydroxylation is 2. The van der Waals surface area contributed by atoms with Gasteiger partial charge in [0.05, 0.1) is 15.1 Å². The second-order valence-electron chi connectivity index (χ2n) is 8.50. The van der Waals surface area contributed by atoms with E-state index in [4.69, 9.17) is 27.9 Å². The largest absolute Gasteiger partial charge is 0.505 e. The van der Waals surface area contributed by atoms with E-state index in [9.17, 15) is 14.7 Å². The van der Waals surface area contributed by atoms with E-state index in [1.807, 2.05) is 36.9 Å². The minimum Gasteiger partial charge on any atom is -0.505 e. The third-order valence-corrected chi connectivity index (χ3v) is 7.65. The number of thiazole rings is 1.